The third-order valence-corrected chi connectivity index (χ3v) is 5.14. The van der Waals surface area contributed by atoms with Crippen molar-refractivity contribution in [3.63, 3.8) is 0 Å². The average molecular weight is 310 g/mol. The van der Waals surface area contributed by atoms with Gasteiger partial charge >= 0.3 is 5.97 Å². The molecule has 0 aliphatic rings. The molecule has 0 aliphatic heterocycles. The highest BCUT2D eigenvalue weighted by molar-refractivity contribution is 7.91. The van der Waals surface area contributed by atoms with Crippen molar-refractivity contribution in [3.8, 4) is 0 Å². The van der Waals surface area contributed by atoms with Crippen LogP contribution in [0.1, 0.15) is 30.0 Å². The Labute approximate surface area is 123 Å². The molecule has 0 spiro atoms. The molecule has 1 aromatic heterocycles. The molecule has 1 heterocycles. The normalized spacial score (nSPS) is 11.9. The molecule has 6 nitrogen and oxygen atoms in total. The number of nitrogens with zero attached hydrogens (tertiary/aromatic N) is 2. The minimum atomic E-state index is -3.05. The molecule has 2 rings (SSSR count). The predicted octanol–water partition coefficient (Wildman–Crippen LogP) is 1.73. The van der Waals surface area contributed by atoms with E-state index in [2.05, 4.69) is 4.98 Å². The van der Waals surface area contributed by atoms with E-state index < -0.39 is 15.8 Å². The Morgan fingerprint density at radius 2 is 2.05 bits per heavy atom. The first kappa shape index (κ1) is 15.5. The topological polar surface area (TPSA) is 89.3 Å². The van der Waals surface area contributed by atoms with Gasteiger partial charge in [0.2, 0.25) is 0 Å². The zero-order valence-corrected chi connectivity index (χ0v) is 12.9. The van der Waals surface area contributed by atoms with Crippen LogP contribution in [0.25, 0.3) is 11.0 Å². The van der Waals surface area contributed by atoms with Gasteiger partial charge in [0, 0.05) is 18.7 Å². The number of hydrogen-bond acceptors (Lipinski definition) is 4. The number of benzene rings is 1. The van der Waals surface area contributed by atoms with E-state index in [0.29, 0.717) is 18.5 Å². The molecular weight excluding hydrogens is 292 g/mol. The fourth-order valence-electron chi connectivity index (χ4n) is 2.21. The summed E-state index contributed by atoms with van der Waals surface area (Å²) in [4.78, 5) is 15.4. The van der Waals surface area contributed by atoms with Crippen molar-refractivity contribution in [2.45, 2.75) is 26.8 Å². The maximum absolute atomic E-state index is 11.7. The van der Waals surface area contributed by atoms with Gasteiger partial charge in [0.05, 0.1) is 22.3 Å². The van der Waals surface area contributed by atoms with Crippen molar-refractivity contribution in [2.75, 3.05) is 11.5 Å². The Kier molecular flexibility index (Phi) is 4.32. The molecule has 7 heteroatoms. The number of sulfone groups is 1. The highest BCUT2D eigenvalue weighted by Crippen LogP contribution is 2.19. The second-order valence-corrected chi connectivity index (χ2v) is 7.25. The van der Waals surface area contributed by atoms with Crippen molar-refractivity contribution in [2.24, 2.45) is 0 Å². The van der Waals surface area contributed by atoms with E-state index in [-0.39, 0.29) is 17.1 Å². The lowest BCUT2D eigenvalue weighted by molar-refractivity contribution is 0.0697. The molecule has 21 heavy (non-hydrogen) atoms. The van der Waals surface area contributed by atoms with E-state index in [1.54, 1.807) is 13.0 Å². The van der Waals surface area contributed by atoms with Gasteiger partial charge in [-0.1, -0.05) is 13.8 Å². The number of aromatic carboxylic acids is 1. The van der Waals surface area contributed by atoms with Crippen molar-refractivity contribution in [1.82, 2.24) is 9.55 Å². The Morgan fingerprint density at radius 1 is 1.33 bits per heavy atom. The standard InChI is InChI=1S/C14H18N2O4S/c1-3-13-15-11-9-10(14(17)18)5-6-12(11)16(13)7-8-21(19,20)4-2/h5-6,9H,3-4,7-8H2,1-2H3,(H,17,18). The summed E-state index contributed by atoms with van der Waals surface area (Å²) in [5, 5.41) is 9.01. The lowest BCUT2D eigenvalue weighted by Gasteiger charge is -2.08. The van der Waals surface area contributed by atoms with Gasteiger partial charge in [-0.05, 0) is 18.2 Å². The van der Waals surface area contributed by atoms with Gasteiger partial charge in [0.1, 0.15) is 5.82 Å². The number of carboxylic acid groups (broad SMARTS) is 1. The molecular formula is C14H18N2O4S. The summed E-state index contributed by atoms with van der Waals surface area (Å²) >= 11 is 0. The number of hydrogen-bond donors (Lipinski definition) is 1. The van der Waals surface area contributed by atoms with E-state index in [1.807, 2.05) is 11.5 Å². The summed E-state index contributed by atoms with van der Waals surface area (Å²) in [7, 11) is -3.05. The molecule has 114 valence electrons. The van der Waals surface area contributed by atoms with Gasteiger partial charge in [-0.25, -0.2) is 18.2 Å². The van der Waals surface area contributed by atoms with Crippen LogP contribution in [0.15, 0.2) is 18.2 Å². The highest BCUT2D eigenvalue weighted by Gasteiger charge is 2.14. The van der Waals surface area contributed by atoms with Crippen LogP contribution in [0, 0.1) is 0 Å². The van der Waals surface area contributed by atoms with E-state index in [4.69, 9.17) is 5.11 Å². The maximum Gasteiger partial charge on any atom is 0.335 e. The third kappa shape index (κ3) is 3.24. The Bertz CT molecular complexity index is 778. The molecule has 1 N–H and O–H groups in total. The van der Waals surface area contributed by atoms with E-state index >= 15 is 0 Å². The van der Waals surface area contributed by atoms with Crippen LogP contribution in [0.2, 0.25) is 0 Å². The minimum absolute atomic E-state index is 0.0582. The van der Waals surface area contributed by atoms with Gasteiger partial charge in [0.25, 0.3) is 0 Å². The molecule has 0 fully saturated rings. The number of fused-ring (bicyclic) bond motifs is 1. The van der Waals surface area contributed by atoms with Gasteiger partial charge < -0.3 is 9.67 Å². The summed E-state index contributed by atoms with van der Waals surface area (Å²) in [6.07, 6.45) is 0.656. The highest BCUT2D eigenvalue weighted by atomic mass is 32.2. The van der Waals surface area contributed by atoms with Gasteiger partial charge in [-0.3, -0.25) is 0 Å². The quantitative estimate of drug-likeness (QED) is 0.877. The molecule has 0 atom stereocenters. The molecule has 0 aliphatic carbocycles. The Balaban J connectivity index is 2.44. The second-order valence-electron chi connectivity index (χ2n) is 4.78. The average Bonchev–Trinajstić information content (AvgIpc) is 2.82. The monoisotopic (exact) mass is 310 g/mol. The summed E-state index contributed by atoms with van der Waals surface area (Å²) in [6, 6.07) is 4.71. The van der Waals surface area contributed by atoms with Gasteiger partial charge in [-0.2, -0.15) is 0 Å². The van der Waals surface area contributed by atoms with Crippen molar-refractivity contribution in [3.05, 3.63) is 29.6 Å². The number of aryl methyl sites for hydroxylation is 2. The Hall–Kier alpha value is -1.89. The summed E-state index contributed by atoms with van der Waals surface area (Å²) in [6.45, 7) is 3.90. The Morgan fingerprint density at radius 3 is 2.62 bits per heavy atom. The molecule has 0 saturated heterocycles. The lowest BCUT2D eigenvalue weighted by atomic mass is 10.2. The number of imidazole rings is 1. The zero-order valence-electron chi connectivity index (χ0n) is 12.0. The SMILES string of the molecule is CCc1nc2cc(C(=O)O)ccc2n1CCS(=O)(=O)CC. The van der Waals surface area contributed by atoms with Gasteiger partial charge in [-0.15, -0.1) is 0 Å². The first-order valence-electron chi connectivity index (χ1n) is 6.80. The summed E-state index contributed by atoms with van der Waals surface area (Å²) in [5.74, 6) is -0.0655. The number of carbonyl (C=O) groups is 1. The van der Waals surface area contributed by atoms with Gasteiger partial charge in [0.15, 0.2) is 9.84 Å². The van der Waals surface area contributed by atoms with Crippen LogP contribution in [-0.4, -0.2) is 40.6 Å². The van der Waals surface area contributed by atoms with Crippen molar-refractivity contribution >= 4 is 26.8 Å². The van der Waals surface area contributed by atoms with Crippen LogP contribution in [0.5, 0.6) is 0 Å². The fourth-order valence-corrected chi connectivity index (χ4v) is 2.96. The molecule has 0 saturated carbocycles. The number of carboxylic acids is 1. The maximum atomic E-state index is 11.7. The van der Waals surface area contributed by atoms with Crippen LogP contribution in [-0.2, 0) is 22.8 Å². The van der Waals surface area contributed by atoms with Crippen LogP contribution in [0.4, 0.5) is 0 Å². The summed E-state index contributed by atoms with van der Waals surface area (Å²) < 4.78 is 25.2. The molecule has 0 bridgehead atoms. The van der Waals surface area contributed by atoms with Crippen LogP contribution >= 0.6 is 0 Å². The number of aromatic nitrogens is 2. The smallest absolute Gasteiger partial charge is 0.335 e. The first-order chi connectivity index (χ1) is 9.88. The zero-order chi connectivity index (χ0) is 15.6. The first-order valence-corrected chi connectivity index (χ1v) is 8.63. The van der Waals surface area contributed by atoms with Crippen molar-refractivity contribution < 1.29 is 18.3 Å². The largest absolute Gasteiger partial charge is 0.478 e. The fraction of sp³-hybridized carbons (Fsp3) is 0.429. The molecule has 0 radical (unpaired) electrons. The lowest BCUT2D eigenvalue weighted by Crippen LogP contribution is -2.16. The predicted molar refractivity (Wildman–Crippen MR) is 80.4 cm³/mol. The molecule has 2 aromatic rings. The third-order valence-electron chi connectivity index (χ3n) is 3.46. The molecule has 1 aromatic carbocycles. The minimum Gasteiger partial charge on any atom is -0.478 e. The van der Waals surface area contributed by atoms with E-state index in [9.17, 15) is 13.2 Å². The number of rotatable bonds is 6. The van der Waals surface area contributed by atoms with E-state index in [0.717, 1.165) is 11.3 Å². The molecule has 0 unspecified atom stereocenters. The van der Waals surface area contributed by atoms with Crippen LogP contribution in [0.3, 0.4) is 0 Å². The summed E-state index contributed by atoms with van der Waals surface area (Å²) in [5.41, 5.74) is 1.53. The second kappa shape index (κ2) is 5.85. The van der Waals surface area contributed by atoms with E-state index in [1.165, 1.54) is 12.1 Å². The van der Waals surface area contributed by atoms with Crippen LogP contribution < -0.4 is 0 Å². The van der Waals surface area contributed by atoms with Crippen molar-refractivity contribution in [1.29, 1.82) is 0 Å². The molecule has 0 amide bonds.